The van der Waals surface area contributed by atoms with Gasteiger partial charge in [0.15, 0.2) is 11.6 Å². The van der Waals surface area contributed by atoms with Crippen LogP contribution in [-0.2, 0) is 4.74 Å². The molecule has 0 bridgehead atoms. The van der Waals surface area contributed by atoms with Crippen LogP contribution in [0.15, 0.2) is 48.8 Å². The maximum atomic E-state index is 5.85. The summed E-state index contributed by atoms with van der Waals surface area (Å²) < 4.78 is 17.2. The first-order valence-electron chi connectivity index (χ1n) is 13.7. The minimum absolute atomic E-state index is 0.550. The van der Waals surface area contributed by atoms with E-state index in [1.807, 2.05) is 24.3 Å². The Morgan fingerprint density at radius 3 is 1.97 bits per heavy atom. The summed E-state index contributed by atoms with van der Waals surface area (Å²) in [4.78, 5) is 8.90. The minimum atomic E-state index is 0.550. The molecule has 0 spiro atoms. The highest BCUT2D eigenvalue weighted by Gasteiger charge is 2.03. The molecule has 0 aliphatic rings. The van der Waals surface area contributed by atoms with Crippen LogP contribution in [0.5, 0.6) is 11.5 Å². The first-order valence-corrected chi connectivity index (χ1v) is 13.7. The number of aromatic nitrogens is 2. The van der Waals surface area contributed by atoms with Crippen molar-refractivity contribution >= 4 is 0 Å². The van der Waals surface area contributed by atoms with E-state index in [4.69, 9.17) is 14.2 Å². The second-order valence-electron chi connectivity index (χ2n) is 8.98. The predicted molar refractivity (Wildman–Crippen MR) is 145 cm³/mol. The molecule has 194 valence electrons. The zero-order valence-electron chi connectivity index (χ0n) is 22.1. The molecular weight excluding hydrogens is 436 g/mol. The molecule has 0 N–H and O–H groups in total. The van der Waals surface area contributed by atoms with E-state index < -0.39 is 0 Å². The van der Waals surface area contributed by atoms with Crippen LogP contribution in [0.1, 0.15) is 90.9 Å². The van der Waals surface area contributed by atoms with E-state index in [0.717, 1.165) is 43.8 Å². The number of benzene rings is 1. The van der Waals surface area contributed by atoms with Gasteiger partial charge in [0.05, 0.1) is 19.0 Å². The third kappa shape index (κ3) is 13.9. The lowest BCUT2D eigenvalue weighted by molar-refractivity contribution is 0.122. The molecule has 0 aliphatic heterocycles. The van der Waals surface area contributed by atoms with Gasteiger partial charge in [0.2, 0.25) is 0 Å². The molecule has 0 amide bonds. The minimum Gasteiger partial charge on any atom is -0.494 e. The SMILES string of the molecule is CCCCCCCC=CCOc1cnc(-c2ccc(OCCCCOCCCCCC)cc2)nc1. The van der Waals surface area contributed by atoms with Gasteiger partial charge in [0.25, 0.3) is 0 Å². The zero-order chi connectivity index (χ0) is 24.8. The molecular formula is C30H46N2O3. The summed E-state index contributed by atoms with van der Waals surface area (Å²) in [6.07, 6.45) is 22.5. The molecule has 1 heterocycles. The molecule has 0 fully saturated rings. The topological polar surface area (TPSA) is 53.5 Å². The number of rotatable bonds is 21. The molecule has 5 heteroatoms. The fourth-order valence-electron chi connectivity index (χ4n) is 3.67. The van der Waals surface area contributed by atoms with Crippen LogP contribution in [0.4, 0.5) is 0 Å². The molecule has 1 aromatic carbocycles. The molecule has 2 rings (SSSR count). The number of allylic oxidation sites excluding steroid dienone is 1. The number of unbranched alkanes of at least 4 members (excludes halogenated alkanes) is 9. The van der Waals surface area contributed by atoms with Gasteiger partial charge in [0, 0.05) is 18.8 Å². The van der Waals surface area contributed by atoms with Crippen molar-refractivity contribution in [1.29, 1.82) is 0 Å². The van der Waals surface area contributed by atoms with Crippen LogP contribution in [0.3, 0.4) is 0 Å². The molecule has 1 aromatic heterocycles. The van der Waals surface area contributed by atoms with E-state index >= 15 is 0 Å². The van der Waals surface area contributed by atoms with Gasteiger partial charge >= 0.3 is 0 Å². The maximum absolute atomic E-state index is 5.85. The van der Waals surface area contributed by atoms with Gasteiger partial charge in [-0.25, -0.2) is 9.97 Å². The van der Waals surface area contributed by atoms with E-state index in [1.54, 1.807) is 12.4 Å². The largest absolute Gasteiger partial charge is 0.494 e. The van der Waals surface area contributed by atoms with Crippen LogP contribution in [0.2, 0.25) is 0 Å². The van der Waals surface area contributed by atoms with Crippen molar-refractivity contribution in [3.8, 4) is 22.9 Å². The van der Waals surface area contributed by atoms with Crippen molar-refractivity contribution in [3.63, 3.8) is 0 Å². The fourth-order valence-corrected chi connectivity index (χ4v) is 3.67. The molecule has 0 aliphatic carbocycles. The van der Waals surface area contributed by atoms with E-state index in [2.05, 4.69) is 36.0 Å². The Kier molecular flexibility index (Phi) is 16.4. The average molecular weight is 483 g/mol. The van der Waals surface area contributed by atoms with Crippen molar-refractivity contribution < 1.29 is 14.2 Å². The maximum Gasteiger partial charge on any atom is 0.159 e. The quantitative estimate of drug-likeness (QED) is 0.133. The summed E-state index contributed by atoms with van der Waals surface area (Å²) >= 11 is 0. The lowest BCUT2D eigenvalue weighted by Gasteiger charge is -2.08. The molecule has 35 heavy (non-hydrogen) atoms. The summed E-state index contributed by atoms with van der Waals surface area (Å²) in [5, 5.41) is 0. The highest BCUT2D eigenvalue weighted by Crippen LogP contribution is 2.20. The van der Waals surface area contributed by atoms with Crippen molar-refractivity contribution in [1.82, 2.24) is 9.97 Å². The molecule has 0 saturated heterocycles. The molecule has 5 nitrogen and oxygen atoms in total. The average Bonchev–Trinajstić information content (AvgIpc) is 2.89. The van der Waals surface area contributed by atoms with Gasteiger partial charge in [-0.2, -0.15) is 0 Å². The van der Waals surface area contributed by atoms with E-state index in [0.29, 0.717) is 24.8 Å². The summed E-state index contributed by atoms with van der Waals surface area (Å²) in [6.45, 7) is 7.43. The number of hydrogen-bond acceptors (Lipinski definition) is 5. The van der Waals surface area contributed by atoms with Crippen LogP contribution < -0.4 is 9.47 Å². The smallest absolute Gasteiger partial charge is 0.159 e. The molecule has 0 saturated carbocycles. The zero-order valence-corrected chi connectivity index (χ0v) is 22.1. The molecule has 0 radical (unpaired) electrons. The fraction of sp³-hybridized carbons (Fsp3) is 0.600. The Bertz CT molecular complexity index is 775. The monoisotopic (exact) mass is 482 g/mol. The molecule has 2 aromatic rings. The molecule has 0 atom stereocenters. The van der Waals surface area contributed by atoms with Crippen molar-refractivity contribution in [3.05, 3.63) is 48.8 Å². The third-order valence-electron chi connectivity index (χ3n) is 5.82. The summed E-state index contributed by atoms with van der Waals surface area (Å²) in [5.41, 5.74) is 0.961. The first kappa shape index (κ1) is 28.8. The Morgan fingerprint density at radius 1 is 0.629 bits per heavy atom. The number of ether oxygens (including phenoxy) is 3. The van der Waals surface area contributed by atoms with Crippen molar-refractivity contribution in [2.24, 2.45) is 0 Å². The highest BCUT2D eigenvalue weighted by molar-refractivity contribution is 5.56. The normalized spacial score (nSPS) is 11.3. The lowest BCUT2D eigenvalue weighted by atomic mass is 10.1. The Balaban J connectivity index is 1.58. The second kappa shape index (κ2) is 19.9. The van der Waals surface area contributed by atoms with Crippen molar-refractivity contribution in [2.75, 3.05) is 26.4 Å². The molecule has 0 unspecified atom stereocenters. The Hall–Kier alpha value is -2.40. The van der Waals surface area contributed by atoms with Crippen LogP contribution in [0, 0.1) is 0 Å². The van der Waals surface area contributed by atoms with Crippen molar-refractivity contribution in [2.45, 2.75) is 90.9 Å². The van der Waals surface area contributed by atoms with E-state index in [-0.39, 0.29) is 0 Å². The highest BCUT2D eigenvalue weighted by atomic mass is 16.5. The van der Waals surface area contributed by atoms with Gasteiger partial charge in [-0.1, -0.05) is 70.9 Å². The Labute approximate surface area is 213 Å². The van der Waals surface area contributed by atoms with Gasteiger partial charge < -0.3 is 14.2 Å². The predicted octanol–water partition coefficient (Wildman–Crippen LogP) is 8.20. The van der Waals surface area contributed by atoms with Gasteiger partial charge in [0.1, 0.15) is 12.4 Å². The van der Waals surface area contributed by atoms with E-state index in [9.17, 15) is 0 Å². The summed E-state index contributed by atoms with van der Waals surface area (Å²) in [5.74, 6) is 2.24. The van der Waals surface area contributed by atoms with Gasteiger partial charge in [-0.3, -0.25) is 0 Å². The number of hydrogen-bond donors (Lipinski definition) is 0. The van der Waals surface area contributed by atoms with Crippen LogP contribution >= 0.6 is 0 Å². The standard InChI is InChI=1S/C30H46N2O3/c1-3-5-7-9-10-11-12-14-23-35-29-25-31-30(32-26-29)27-17-19-28(20-18-27)34-24-16-15-22-33-21-13-8-6-4-2/h12,14,17-20,25-26H,3-11,13,15-16,21-24H2,1-2H3. The lowest BCUT2D eigenvalue weighted by Crippen LogP contribution is -2.02. The summed E-state index contributed by atoms with van der Waals surface area (Å²) in [6, 6.07) is 7.93. The van der Waals surface area contributed by atoms with Gasteiger partial charge in [-0.05, 0) is 56.4 Å². The van der Waals surface area contributed by atoms with Gasteiger partial charge in [-0.15, -0.1) is 0 Å². The van der Waals surface area contributed by atoms with Crippen LogP contribution in [-0.4, -0.2) is 36.4 Å². The van der Waals surface area contributed by atoms with E-state index in [1.165, 1.54) is 57.8 Å². The summed E-state index contributed by atoms with van der Waals surface area (Å²) in [7, 11) is 0. The van der Waals surface area contributed by atoms with Crippen LogP contribution in [0.25, 0.3) is 11.4 Å². The second-order valence-corrected chi connectivity index (χ2v) is 8.98. The third-order valence-corrected chi connectivity index (χ3v) is 5.82. The number of nitrogens with zero attached hydrogens (tertiary/aromatic N) is 2. The first-order chi connectivity index (χ1) is 17.3. The Morgan fingerprint density at radius 2 is 1.26 bits per heavy atom.